The van der Waals surface area contributed by atoms with E-state index in [4.69, 9.17) is 4.74 Å². The lowest BCUT2D eigenvalue weighted by atomic mass is 10.2. The Bertz CT molecular complexity index is 720. The van der Waals surface area contributed by atoms with Crippen LogP contribution >= 0.6 is 0 Å². The number of ether oxygens (including phenoxy) is 1. The first-order chi connectivity index (χ1) is 12.2. The maximum Gasteiger partial charge on any atom is 0.315 e. The van der Waals surface area contributed by atoms with Crippen molar-refractivity contribution in [1.82, 2.24) is 15.6 Å². The zero-order valence-corrected chi connectivity index (χ0v) is 13.9. The van der Waals surface area contributed by atoms with E-state index in [0.29, 0.717) is 25.3 Å². The first-order valence-electron chi connectivity index (χ1n) is 8.26. The molecule has 2 aromatic rings. The molecule has 1 saturated heterocycles. The molecule has 6 nitrogen and oxygen atoms in total. The van der Waals surface area contributed by atoms with E-state index in [1.54, 1.807) is 24.4 Å². The van der Waals surface area contributed by atoms with Gasteiger partial charge in [0.25, 0.3) is 0 Å². The van der Waals surface area contributed by atoms with Gasteiger partial charge < -0.3 is 20.3 Å². The Labute approximate surface area is 146 Å². The second kappa shape index (κ2) is 8.43. The number of nitrogens with one attached hydrogen (secondary N) is 2. The van der Waals surface area contributed by atoms with E-state index < -0.39 is 0 Å². The molecule has 0 bridgehead atoms. The lowest BCUT2D eigenvalue weighted by Crippen LogP contribution is -2.38. The van der Waals surface area contributed by atoms with E-state index in [1.165, 1.54) is 6.07 Å². The van der Waals surface area contributed by atoms with Crippen LogP contribution in [0.15, 0.2) is 42.6 Å². The summed E-state index contributed by atoms with van der Waals surface area (Å²) in [6.45, 7) is 3.40. The largest absolute Gasteiger partial charge is 0.378 e. The summed E-state index contributed by atoms with van der Waals surface area (Å²) in [5.41, 5.74) is 1.39. The number of halogens is 1. The van der Waals surface area contributed by atoms with E-state index in [2.05, 4.69) is 20.5 Å². The summed E-state index contributed by atoms with van der Waals surface area (Å²) in [7, 11) is 0. The molecule has 3 rings (SSSR count). The first-order valence-corrected chi connectivity index (χ1v) is 8.26. The van der Waals surface area contributed by atoms with Crippen molar-refractivity contribution in [2.24, 2.45) is 0 Å². The number of hydrogen-bond acceptors (Lipinski definition) is 4. The third-order valence-electron chi connectivity index (χ3n) is 4.01. The minimum atomic E-state index is -0.347. The van der Waals surface area contributed by atoms with Gasteiger partial charge in [0.05, 0.1) is 13.2 Å². The topological polar surface area (TPSA) is 66.5 Å². The van der Waals surface area contributed by atoms with Crippen molar-refractivity contribution in [1.29, 1.82) is 0 Å². The van der Waals surface area contributed by atoms with Crippen molar-refractivity contribution in [3.8, 4) is 0 Å². The van der Waals surface area contributed by atoms with Gasteiger partial charge >= 0.3 is 6.03 Å². The fraction of sp³-hybridized carbons (Fsp3) is 0.333. The molecule has 0 saturated carbocycles. The van der Waals surface area contributed by atoms with E-state index >= 15 is 0 Å². The monoisotopic (exact) mass is 344 g/mol. The fourth-order valence-electron chi connectivity index (χ4n) is 2.68. The van der Waals surface area contributed by atoms with Crippen LogP contribution in [-0.4, -0.2) is 37.3 Å². The Morgan fingerprint density at radius 1 is 1.08 bits per heavy atom. The number of carbonyl (C=O) groups excluding carboxylic acids is 1. The number of rotatable bonds is 5. The molecule has 2 N–H and O–H groups in total. The smallest absolute Gasteiger partial charge is 0.315 e. The van der Waals surface area contributed by atoms with E-state index in [9.17, 15) is 9.18 Å². The normalized spacial score (nSPS) is 14.2. The van der Waals surface area contributed by atoms with Crippen LogP contribution < -0.4 is 15.5 Å². The Hall–Kier alpha value is -2.67. The second-order valence-corrected chi connectivity index (χ2v) is 5.71. The Morgan fingerprint density at radius 3 is 2.52 bits per heavy atom. The lowest BCUT2D eigenvalue weighted by molar-refractivity contribution is 0.122. The third-order valence-corrected chi connectivity index (χ3v) is 4.01. The minimum absolute atomic E-state index is 0.141. The molecule has 1 fully saturated rings. The van der Waals surface area contributed by atoms with Gasteiger partial charge in [-0.1, -0.05) is 24.3 Å². The Balaban J connectivity index is 1.54. The fourth-order valence-corrected chi connectivity index (χ4v) is 2.68. The van der Waals surface area contributed by atoms with Gasteiger partial charge in [-0.15, -0.1) is 0 Å². The molecular weight excluding hydrogens is 323 g/mol. The molecular formula is C18H21FN4O2. The molecule has 2 heterocycles. The molecule has 25 heavy (non-hydrogen) atoms. The molecule has 0 radical (unpaired) electrons. The number of carbonyl (C=O) groups is 1. The van der Waals surface area contributed by atoms with Crippen LogP contribution in [0.5, 0.6) is 0 Å². The van der Waals surface area contributed by atoms with Crippen molar-refractivity contribution in [3.05, 3.63) is 59.5 Å². The number of aromatic nitrogens is 1. The number of benzene rings is 1. The van der Waals surface area contributed by atoms with E-state index in [1.807, 2.05) is 12.1 Å². The van der Waals surface area contributed by atoms with Gasteiger partial charge in [-0.2, -0.15) is 0 Å². The van der Waals surface area contributed by atoms with Crippen LogP contribution in [0.4, 0.5) is 15.0 Å². The van der Waals surface area contributed by atoms with Crippen LogP contribution in [0.3, 0.4) is 0 Å². The van der Waals surface area contributed by atoms with Gasteiger partial charge in [0.15, 0.2) is 0 Å². The molecule has 2 amide bonds. The molecule has 0 atom stereocenters. The number of pyridine rings is 1. The maximum absolute atomic E-state index is 13.6. The Morgan fingerprint density at radius 2 is 1.76 bits per heavy atom. The molecule has 1 aromatic heterocycles. The summed E-state index contributed by atoms with van der Waals surface area (Å²) < 4.78 is 18.9. The molecule has 7 heteroatoms. The first kappa shape index (κ1) is 17.2. The third kappa shape index (κ3) is 4.67. The summed E-state index contributed by atoms with van der Waals surface area (Å²) in [5, 5.41) is 5.46. The van der Waals surface area contributed by atoms with Gasteiger partial charge in [-0.25, -0.2) is 14.2 Å². The van der Waals surface area contributed by atoms with Gasteiger partial charge in [0, 0.05) is 43.5 Å². The van der Waals surface area contributed by atoms with E-state index in [0.717, 1.165) is 24.5 Å². The van der Waals surface area contributed by atoms with Crippen molar-refractivity contribution in [2.45, 2.75) is 13.1 Å². The quantitative estimate of drug-likeness (QED) is 0.871. The number of amides is 2. The lowest BCUT2D eigenvalue weighted by Gasteiger charge is -2.29. The van der Waals surface area contributed by atoms with Crippen LogP contribution in [0.2, 0.25) is 0 Å². The predicted octanol–water partition coefficient (Wildman–Crippen LogP) is 2.06. The summed E-state index contributed by atoms with van der Waals surface area (Å²) in [5.74, 6) is 0.532. The van der Waals surface area contributed by atoms with Gasteiger partial charge in [0.2, 0.25) is 0 Å². The number of anilines is 1. The van der Waals surface area contributed by atoms with Crippen molar-refractivity contribution in [2.75, 3.05) is 31.2 Å². The average molecular weight is 344 g/mol. The average Bonchev–Trinajstić information content (AvgIpc) is 2.66. The highest BCUT2D eigenvalue weighted by Gasteiger charge is 2.16. The molecule has 1 aliphatic heterocycles. The van der Waals surface area contributed by atoms with Crippen LogP contribution in [0.1, 0.15) is 11.1 Å². The number of morpholine rings is 1. The highest BCUT2D eigenvalue weighted by molar-refractivity contribution is 5.74. The van der Waals surface area contributed by atoms with Crippen LogP contribution in [0, 0.1) is 5.82 Å². The van der Waals surface area contributed by atoms with Gasteiger partial charge in [0.1, 0.15) is 11.6 Å². The zero-order chi connectivity index (χ0) is 17.5. The standard InChI is InChI=1S/C18H21FN4O2/c19-16-6-2-1-4-14(16)12-21-18(24)22-13-15-5-3-7-20-17(15)23-8-10-25-11-9-23/h1-7H,8-13H2,(H2,21,22,24). The summed E-state index contributed by atoms with van der Waals surface area (Å²) >= 11 is 0. The molecule has 0 unspecified atom stereocenters. The number of urea groups is 1. The molecule has 1 aliphatic rings. The maximum atomic E-state index is 13.6. The Kier molecular flexibility index (Phi) is 5.79. The summed E-state index contributed by atoms with van der Waals surface area (Å²) in [6.07, 6.45) is 1.74. The van der Waals surface area contributed by atoms with Crippen molar-refractivity contribution in [3.63, 3.8) is 0 Å². The molecule has 1 aromatic carbocycles. The van der Waals surface area contributed by atoms with Crippen LogP contribution in [-0.2, 0) is 17.8 Å². The summed E-state index contributed by atoms with van der Waals surface area (Å²) in [6, 6.07) is 9.82. The van der Waals surface area contributed by atoms with Gasteiger partial charge in [-0.05, 0) is 12.1 Å². The highest BCUT2D eigenvalue weighted by Crippen LogP contribution is 2.18. The molecule has 0 aliphatic carbocycles. The number of nitrogens with zero attached hydrogens (tertiary/aromatic N) is 2. The van der Waals surface area contributed by atoms with Crippen LogP contribution in [0.25, 0.3) is 0 Å². The molecule has 132 valence electrons. The highest BCUT2D eigenvalue weighted by atomic mass is 19.1. The predicted molar refractivity (Wildman–Crippen MR) is 92.7 cm³/mol. The summed E-state index contributed by atoms with van der Waals surface area (Å²) in [4.78, 5) is 18.6. The minimum Gasteiger partial charge on any atom is -0.378 e. The number of hydrogen-bond donors (Lipinski definition) is 2. The van der Waals surface area contributed by atoms with Gasteiger partial charge in [-0.3, -0.25) is 0 Å². The van der Waals surface area contributed by atoms with Crippen molar-refractivity contribution < 1.29 is 13.9 Å². The SMILES string of the molecule is O=C(NCc1ccccc1F)NCc1cccnc1N1CCOCC1. The zero-order valence-electron chi connectivity index (χ0n) is 13.9. The van der Waals surface area contributed by atoms with E-state index in [-0.39, 0.29) is 18.4 Å². The molecule has 0 spiro atoms. The van der Waals surface area contributed by atoms with Crippen molar-refractivity contribution >= 4 is 11.8 Å². The second-order valence-electron chi connectivity index (χ2n) is 5.71.